The molecule has 4 rings (SSSR count). The van der Waals surface area contributed by atoms with Gasteiger partial charge in [-0.3, -0.25) is 14.6 Å². The largest absolute Gasteiger partial charge is 0.328 e. The van der Waals surface area contributed by atoms with Gasteiger partial charge in [0.1, 0.15) is 0 Å². The summed E-state index contributed by atoms with van der Waals surface area (Å²) in [5, 5.41) is 0.824. The highest BCUT2D eigenvalue weighted by atomic mass is 35.5. The van der Waals surface area contributed by atoms with Gasteiger partial charge in [-0.1, -0.05) is 36.2 Å². The van der Waals surface area contributed by atoms with E-state index in [1.165, 1.54) is 4.90 Å². The van der Waals surface area contributed by atoms with Crippen LogP contribution in [0.5, 0.6) is 0 Å². The fourth-order valence-corrected chi connectivity index (χ4v) is 4.46. The Kier molecular flexibility index (Phi) is 4.99. The molecular weight excluding hydrogens is 413 g/mol. The third-order valence-corrected chi connectivity index (χ3v) is 6.51. The van der Waals surface area contributed by atoms with Gasteiger partial charge in [0.15, 0.2) is 12.2 Å². The summed E-state index contributed by atoms with van der Waals surface area (Å²) >= 11 is 12.1. The lowest BCUT2D eigenvalue weighted by molar-refractivity contribution is -0.137. The number of imide groups is 1. The van der Waals surface area contributed by atoms with Gasteiger partial charge < -0.3 is 9.80 Å². The molecule has 3 heterocycles. The normalized spacial score (nSPS) is 23.9. The van der Waals surface area contributed by atoms with Gasteiger partial charge in [0.25, 0.3) is 5.91 Å². The minimum absolute atomic E-state index is 0.131. The second-order valence-electron chi connectivity index (χ2n) is 7.55. The zero-order chi connectivity index (χ0) is 21.0. The molecule has 0 aliphatic carbocycles. The average molecular weight is 436 g/mol. The van der Waals surface area contributed by atoms with Crippen LogP contribution in [0.15, 0.2) is 34.6 Å². The zero-order valence-electron chi connectivity index (χ0n) is 16.8. The van der Waals surface area contributed by atoms with Crippen LogP contribution in [0.25, 0.3) is 0 Å². The zero-order valence-corrected chi connectivity index (χ0v) is 18.3. The monoisotopic (exact) mass is 435 g/mol. The minimum Gasteiger partial charge on any atom is -0.315 e. The fraction of sp³-hybridized carbons (Fsp3) is 0.450. The highest BCUT2D eigenvalue weighted by Crippen LogP contribution is 2.38. The molecule has 3 amide bonds. The number of halogens is 2. The molecule has 0 radical (unpaired) electrons. The van der Waals surface area contributed by atoms with Crippen LogP contribution in [-0.2, 0) is 11.3 Å². The fourth-order valence-electron chi connectivity index (χ4n) is 4.14. The number of urea groups is 1. The van der Waals surface area contributed by atoms with Crippen molar-refractivity contribution in [2.75, 3.05) is 13.6 Å². The Balaban J connectivity index is 1.67. The number of fused-ring (bicyclic) bond motifs is 3. The van der Waals surface area contributed by atoms with E-state index in [0.29, 0.717) is 10.0 Å². The van der Waals surface area contributed by atoms with Gasteiger partial charge in [0.2, 0.25) is 5.96 Å². The number of rotatable bonds is 4. The second kappa shape index (κ2) is 7.22. The number of hydrogen-bond acceptors (Lipinski definition) is 5. The highest BCUT2D eigenvalue weighted by molar-refractivity contribution is 6.42. The van der Waals surface area contributed by atoms with Crippen LogP contribution in [0, 0.1) is 0 Å². The van der Waals surface area contributed by atoms with Gasteiger partial charge in [-0.25, -0.2) is 9.79 Å². The molecule has 0 spiro atoms. The lowest BCUT2D eigenvalue weighted by Gasteiger charge is -2.40. The molecule has 1 saturated heterocycles. The van der Waals surface area contributed by atoms with Crippen LogP contribution < -0.4 is 0 Å². The van der Waals surface area contributed by atoms with E-state index in [4.69, 9.17) is 28.2 Å². The molecule has 0 N–H and O–H groups in total. The van der Waals surface area contributed by atoms with E-state index in [-0.39, 0.29) is 18.5 Å². The molecule has 3 aliphatic rings. The molecule has 29 heavy (non-hydrogen) atoms. The Morgan fingerprint density at radius 3 is 2.45 bits per heavy atom. The van der Waals surface area contributed by atoms with Crippen molar-refractivity contribution in [1.82, 2.24) is 19.6 Å². The van der Waals surface area contributed by atoms with E-state index in [9.17, 15) is 9.59 Å². The summed E-state index contributed by atoms with van der Waals surface area (Å²) in [4.78, 5) is 38.1. The van der Waals surface area contributed by atoms with Crippen LogP contribution in [0.3, 0.4) is 0 Å². The molecule has 1 aromatic rings. The van der Waals surface area contributed by atoms with Gasteiger partial charge in [-0.05, 0) is 38.0 Å². The van der Waals surface area contributed by atoms with Crippen molar-refractivity contribution in [3.05, 3.63) is 45.2 Å². The van der Waals surface area contributed by atoms with E-state index in [1.807, 2.05) is 18.7 Å². The maximum atomic E-state index is 13.4. The summed E-state index contributed by atoms with van der Waals surface area (Å²) in [6.45, 7) is 7.09. The van der Waals surface area contributed by atoms with E-state index in [1.54, 1.807) is 30.1 Å². The first-order valence-corrected chi connectivity index (χ1v) is 10.4. The number of guanidine groups is 1. The summed E-state index contributed by atoms with van der Waals surface area (Å²) in [5.74, 6) is 0.495. The van der Waals surface area contributed by atoms with Crippen LogP contribution in [0.2, 0.25) is 10.0 Å². The summed E-state index contributed by atoms with van der Waals surface area (Å²) in [7, 11) is 1.69. The standard InChI is InChI=1S/C20H23Cl2N5O2/c1-5-8-25-11(2)12(3)27-16-17(23-19(25)27)24(4)20(29)26(18(16)28)10-13-6-7-14(21)15(22)9-13/h6-7,9,16-17H,5,8,10H2,1-4H3. The van der Waals surface area contributed by atoms with Crippen LogP contribution in [-0.4, -0.2) is 63.3 Å². The first-order valence-electron chi connectivity index (χ1n) is 9.60. The van der Waals surface area contributed by atoms with E-state index < -0.39 is 12.2 Å². The lowest BCUT2D eigenvalue weighted by Crippen LogP contribution is -2.64. The molecule has 9 heteroatoms. The molecule has 154 valence electrons. The molecule has 2 unspecified atom stereocenters. The SMILES string of the molecule is CCCN1C2=NC3C(C(=O)N(Cc4ccc(Cl)c(Cl)c4)C(=O)N3C)N2C(C)=C1C. The van der Waals surface area contributed by atoms with Crippen molar-refractivity contribution >= 4 is 41.1 Å². The molecule has 0 aromatic heterocycles. The van der Waals surface area contributed by atoms with Crippen molar-refractivity contribution in [2.45, 2.75) is 45.9 Å². The molecule has 1 aromatic carbocycles. The molecule has 2 atom stereocenters. The number of benzene rings is 1. The third-order valence-electron chi connectivity index (χ3n) is 5.78. The number of nitrogens with zero attached hydrogens (tertiary/aromatic N) is 5. The Labute approximate surface area is 180 Å². The van der Waals surface area contributed by atoms with Gasteiger partial charge in [-0.2, -0.15) is 0 Å². The Morgan fingerprint density at radius 1 is 1.07 bits per heavy atom. The highest BCUT2D eigenvalue weighted by Gasteiger charge is 2.55. The maximum absolute atomic E-state index is 13.4. The molecule has 0 bridgehead atoms. The van der Waals surface area contributed by atoms with Crippen molar-refractivity contribution in [3.8, 4) is 0 Å². The molecule has 0 saturated carbocycles. The lowest BCUT2D eigenvalue weighted by atomic mass is 10.1. The first kappa shape index (κ1) is 20.0. The van der Waals surface area contributed by atoms with E-state index >= 15 is 0 Å². The summed E-state index contributed by atoms with van der Waals surface area (Å²) in [6, 6.07) is 4.19. The van der Waals surface area contributed by atoms with Gasteiger partial charge in [0, 0.05) is 25.0 Å². The quantitative estimate of drug-likeness (QED) is 0.722. The Morgan fingerprint density at radius 2 is 1.79 bits per heavy atom. The van der Waals surface area contributed by atoms with Gasteiger partial charge in [0.05, 0.1) is 16.6 Å². The number of carbonyl (C=O) groups excluding carboxylic acids is 2. The molecular formula is C20H23Cl2N5O2. The number of aliphatic imine (C=N–C) groups is 1. The van der Waals surface area contributed by atoms with E-state index in [2.05, 4.69) is 11.8 Å². The van der Waals surface area contributed by atoms with Crippen LogP contribution in [0.1, 0.15) is 32.8 Å². The summed E-state index contributed by atoms with van der Waals surface area (Å²) < 4.78 is 0. The smallest absolute Gasteiger partial charge is 0.315 e. The van der Waals surface area contributed by atoms with Crippen molar-refractivity contribution in [2.24, 2.45) is 4.99 Å². The Bertz CT molecular complexity index is 960. The van der Waals surface area contributed by atoms with Crippen molar-refractivity contribution in [3.63, 3.8) is 0 Å². The predicted molar refractivity (Wildman–Crippen MR) is 112 cm³/mol. The van der Waals surface area contributed by atoms with E-state index in [0.717, 1.165) is 35.9 Å². The third kappa shape index (κ3) is 2.99. The van der Waals surface area contributed by atoms with Crippen molar-refractivity contribution < 1.29 is 9.59 Å². The number of carbonyl (C=O) groups is 2. The minimum atomic E-state index is -0.563. The predicted octanol–water partition coefficient (Wildman–Crippen LogP) is 3.73. The van der Waals surface area contributed by atoms with Crippen molar-refractivity contribution in [1.29, 1.82) is 0 Å². The number of hydrogen-bond donors (Lipinski definition) is 0. The number of likely N-dealkylation sites (N-methyl/N-ethyl adjacent to an activating group) is 1. The number of allylic oxidation sites excluding steroid dienone is 2. The topological polar surface area (TPSA) is 59.5 Å². The van der Waals surface area contributed by atoms with Gasteiger partial charge >= 0.3 is 6.03 Å². The van der Waals surface area contributed by atoms with Gasteiger partial charge in [-0.15, -0.1) is 0 Å². The number of amides is 3. The second-order valence-corrected chi connectivity index (χ2v) is 8.36. The van der Waals surface area contributed by atoms with Crippen LogP contribution >= 0.6 is 23.2 Å². The first-order chi connectivity index (χ1) is 13.8. The molecule has 1 fully saturated rings. The summed E-state index contributed by atoms with van der Waals surface area (Å²) in [6.07, 6.45) is 0.427. The molecule has 7 nitrogen and oxygen atoms in total. The maximum Gasteiger partial charge on any atom is 0.328 e. The Hall–Kier alpha value is -2.25. The summed E-state index contributed by atoms with van der Waals surface area (Å²) in [5.41, 5.74) is 2.83. The molecule has 3 aliphatic heterocycles. The average Bonchev–Trinajstić information content (AvgIpc) is 3.18. The van der Waals surface area contributed by atoms with Crippen LogP contribution in [0.4, 0.5) is 4.79 Å².